The molecule has 0 aliphatic carbocycles. The maximum Gasteiger partial charge on any atom is 0.122 e. The Morgan fingerprint density at radius 3 is 2.06 bits per heavy atom. The number of hydrogen-bond acceptors (Lipinski definition) is 3. The standard InChI is InChI=1S/C12H17NO2.ClH/c1-14-11-4-9(3-10-7-13-8-10)5-12(6-11)15-2;/h4-6,10,13H,3,7-8H2,1-2H3;1H. The normalized spacial score (nSPS) is 14.9. The molecule has 1 aromatic rings. The van der Waals surface area contributed by atoms with Crippen molar-refractivity contribution in [3.05, 3.63) is 23.8 Å². The molecule has 0 amide bonds. The predicted molar refractivity (Wildman–Crippen MR) is 66.9 cm³/mol. The maximum atomic E-state index is 5.23. The van der Waals surface area contributed by atoms with E-state index in [1.165, 1.54) is 5.56 Å². The van der Waals surface area contributed by atoms with Gasteiger partial charge in [-0.2, -0.15) is 0 Å². The molecule has 0 spiro atoms. The van der Waals surface area contributed by atoms with Crippen molar-refractivity contribution in [2.45, 2.75) is 6.42 Å². The fourth-order valence-corrected chi connectivity index (χ4v) is 1.81. The van der Waals surface area contributed by atoms with E-state index in [1.54, 1.807) is 14.2 Å². The van der Waals surface area contributed by atoms with Gasteiger partial charge in [0.05, 0.1) is 14.2 Å². The lowest BCUT2D eigenvalue weighted by molar-refractivity contribution is 0.344. The van der Waals surface area contributed by atoms with Crippen LogP contribution >= 0.6 is 12.4 Å². The van der Waals surface area contributed by atoms with Crippen LogP contribution in [0, 0.1) is 5.92 Å². The van der Waals surface area contributed by atoms with Crippen molar-refractivity contribution < 1.29 is 9.47 Å². The molecule has 0 atom stereocenters. The van der Waals surface area contributed by atoms with Crippen LogP contribution in [-0.4, -0.2) is 27.3 Å². The number of halogens is 1. The van der Waals surface area contributed by atoms with E-state index in [1.807, 2.05) is 6.07 Å². The first kappa shape index (κ1) is 13.1. The van der Waals surface area contributed by atoms with E-state index in [0.29, 0.717) is 0 Å². The van der Waals surface area contributed by atoms with Crippen molar-refractivity contribution in [1.82, 2.24) is 5.32 Å². The molecule has 0 saturated carbocycles. The summed E-state index contributed by atoms with van der Waals surface area (Å²) in [5.74, 6) is 2.51. The molecule has 0 unspecified atom stereocenters. The van der Waals surface area contributed by atoms with E-state index < -0.39 is 0 Å². The Morgan fingerprint density at radius 1 is 1.12 bits per heavy atom. The third-order valence-corrected chi connectivity index (χ3v) is 2.80. The SMILES string of the molecule is COc1cc(CC2CNC2)cc(OC)c1.Cl. The average Bonchev–Trinajstić information content (AvgIpc) is 2.23. The van der Waals surface area contributed by atoms with Crippen LogP contribution < -0.4 is 14.8 Å². The van der Waals surface area contributed by atoms with Gasteiger partial charge < -0.3 is 14.8 Å². The van der Waals surface area contributed by atoms with E-state index in [0.717, 1.165) is 36.9 Å². The van der Waals surface area contributed by atoms with E-state index in [2.05, 4.69) is 17.4 Å². The number of methoxy groups -OCH3 is 2. The molecule has 1 aliphatic rings. The minimum absolute atomic E-state index is 0. The molecule has 0 radical (unpaired) electrons. The van der Waals surface area contributed by atoms with Gasteiger partial charge in [-0.15, -0.1) is 12.4 Å². The number of ether oxygens (including phenoxy) is 2. The second kappa shape index (κ2) is 5.97. The molecule has 1 aliphatic heterocycles. The Bertz CT molecular complexity index is 318. The van der Waals surface area contributed by atoms with Crippen LogP contribution in [0.3, 0.4) is 0 Å². The fourth-order valence-electron chi connectivity index (χ4n) is 1.81. The molecule has 2 rings (SSSR count). The van der Waals surface area contributed by atoms with E-state index in [4.69, 9.17) is 9.47 Å². The highest BCUT2D eigenvalue weighted by atomic mass is 35.5. The smallest absolute Gasteiger partial charge is 0.122 e. The summed E-state index contributed by atoms with van der Waals surface area (Å²) in [6.07, 6.45) is 1.10. The lowest BCUT2D eigenvalue weighted by atomic mass is 9.94. The Labute approximate surface area is 103 Å². The summed E-state index contributed by atoms with van der Waals surface area (Å²) in [4.78, 5) is 0. The minimum Gasteiger partial charge on any atom is -0.497 e. The number of rotatable bonds is 4. The molecule has 1 aromatic carbocycles. The van der Waals surface area contributed by atoms with Crippen LogP contribution in [0.1, 0.15) is 5.56 Å². The van der Waals surface area contributed by atoms with Crippen molar-refractivity contribution >= 4 is 12.4 Å². The Kier molecular flexibility index (Phi) is 4.90. The molecule has 90 valence electrons. The van der Waals surface area contributed by atoms with Crippen molar-refractivity contribution in [2.75, 3.05) is 27.3 Å². The summed E-state index contributed by atoms with van der Waals surface area (Å²) in [6, 6.07) is 6.07. The van der Waals surface area contributed by atoms with Gasteiger partial charge in [0.15, 0.2) is 0 Å². The molecule has 0 bridgehead atoms. The van der Waals surface area contributed by atoms with Gasteiger partial charge in [-0.25, -0.2) is 0 Å². The highest BCUT2D eigenvalue weighted by Gasteiger charge is 2.17. The van der Waals surface area contributed by atoms with Crippen molar-refractivity contribution in [1.29, 1.82) is 0 Å². The molecule has 1 fully saturated rings. The molecule has 1 N–H and O–H groups in total. The van der Waals surface area contributed by atoms with Crippen LogP contribution in [0.15, 0.2) is 18.2 Å². The Hall–Kier alpha value is -0.930. The third-order valence-electron chi connectivity index (χ3n) is 2.80. The Balaban J connectivity index is 0.00000128. The summed E-state index contributed by atoms with van der Waals surface area (Å²) in [6.45, 7) is 2.25. The molecular weight excluding hydrogens is 226 g/mol. The maximum absolute atomic E-state index is 5.23. The number of nitrogens with one attached hydrogen (secondary N) is 1. The first-order chi connectivity index (χ1) is 7.31. The zero-order valence-corrected chi connectivity index (χ0v) is 10.5. The fraction of sp³-hybridized carbons (Fsp3) is 0.500. The summed E-state index contributed by atoms with van der Waals surface area (Å²) in [7, 11) is 3.37. The topological polar surface area (TPSA) is 30.5 Å². The largest absolute Gasteiger partial charge is 0.497 e. The summed E-state index contributed by atoms with van der Waals surface area (Å²) < 4.78 is 10.5. The number of hydrogen-bond donors (Lipinski definition) is 1. The molecule has 3 nitrogen and oxygen atoms in total. The van der Waals surface area contributed by atoms with Gasteiger partial charge in [-0.05, 0) is 43.1 Å². The van der Waals surface area contributed by atoms with Crippen LogP contribution in [0.25, 0.3) is 0 Å². The van der Waals surface area contributed by atoms with E-state index >= 15 is 0 Å². The van der Waals surface area contributed by atoms with Gasteiger partial charge >= 0.3 is 0 Å². The van der Waals surface area contributed by atoms with E-state index in [9.17, 15) is 0 Å². The summed E-state index contributed by atoms with van der Waals surface area (Å²) in [5.41, 5.74) is 1.29. The van der Waals surface area contributed by atoms with Gasteiger partial charge in [0.25, 0.3) is 0 Å². The van der Waals surface area contributed by atoms with Crippen molar-refractivity contribution in [3.63, 3.8) is 0 Å². The monoisotopic (exact) mass is 243 g/mol. The van der Waals surface area contributed by atoms with Gasteiger partial charge in [-0.3, -0.25) is 0 Å². The average molecular weight is 244 g/mol. The number of benzene rings is 1. The highest BCUT2D eigenvalue weighted by Crippen LogP contribution is 2.24. The summed E-state index contributed by atoms with van der Waals surface area (Å²) in [5, 5.41) is 3.28. The summed E-state index contributed by atoms with van der Waals surface area (Å²) >= 11 is 0. The lowest BCUT2D eigenvalue weighted by Crippen LogP contribution is -2.43. The first-order valence-corrected chi connectivity index (χ1v) is 5.24. The zero-order chi connectivity index (χ0) is 10.7. The molecule has 1 saturated heterocycles. The highest BCUT2D eigenvalue weighted by molar-refractivity contribution is 5.85. The van der Waals surface area contributed by atoms with Crippen molar-refractivity contribution in [3.8, 4) is 11.5 Å². The third kappa shape index (κ3) is 3.03. The van der Waals surface area contributed by atoms with Crippen LogP contribution in [-0.2, 0) is 6.42 Å². The van der Waals surface area contributed by atoms with Gasteiger partial charge in [-0.1, -0.05) is 0 Å². The van der Waals surface area contributed by atoms with Gasteiger partial charge in [0.1, 0.15) is 11.5 Å². The second-order valence-corrected chi connectivity index (χ2v) is 3.95. The van der Waals surface area contributed by atoms with Gasteiger partial charge in [0.2, 0.25) is 0 Å². The molecule has 4 heteroatoms. The quantitative estimate of drug-likeness (QED) is 0.876. The Morgan fingerprint density at radius 2 is 1.69 bits per heavy atom. The van der Waals surface area contributed by atoms with E-state index in [-0.39, 0.29) is 12.4 Å². The molecule has 1 heterocycles. The molecule has 0 aromatic heterocycles. The van der Waals surface area contributed by atoms with Crippen LogP contribution in [0.2, 0.25) is 0 Å². The predicted octanol–water partition coefficient (Wildman–Crippen LogP) is 1.89. The van der Waals surface area contributed by atoms with Crippen LogP contribution in [0.5, 0.6) is 11.5 Å². The minimum atomic E-state index is 0. The zero-order valence-electron chi connectivity index (χ0n) is 9.66. The van der Waals surface area contributed by atoms with Crippen LogP contribution in [0.4, 0.5) is 0 Å². The molecular formula is C12H18ClNO2. The second-order valence-electron chi connectivity index (χ2n) is 3.95. The van der Waals surface area contributed by atoms with Gasteiger partial charge in [0, 0.05) is 6.07 Å². The first-order valence-electron chi connectivity index (χ1n) is 5.24. The lowest BCUT2D eigenvalue weighted by Gasteiger charge is -2.27. The van der Waals surface area contributed by atoms with Crippen molar-refractivity contribution in [2.24, 2.45) is 5.92 Å². The molecule has 16 heavy (non-hydrogen) atoms.